The van der Waals surface area contributed by atoms with Crippen LogP contribution in [0.4, 0.5) is 0 Å². The molecule has 0 spiro atoms. The normalized spacial score (nSPS) is 23.4. The minimum Gasteiger partial charge on any atom is -0.456 e. The molecule has 5 atom stereocenters. The topological polar surface area (TPSA) is 102 Å². The standard InChI is InChI=1S/C36H46ClNO8Si/c1-21(39)43-32-30(20-42-47(7,8)36(4,5)6)46-35(34(45-23(3)41)33(32)44-22(2)40)38-19-27(31-28(37)10-9-11-29(31)38)18-24-12-14-25(15-13-24)26-16-17-26/h9-15,19,26,30,32-35H,16-18,20H2,1-8H3/t30-,32-,33+,34-,35-/m1/s1. The number of nitrogens with zero attached hydrogens (tertiary/aromatic N) is 1. The van der Waals surface area contributed by atoms with Crippen LogP contribution in [0.2, 0.25) is 23.2 Å². The van der Waals surface area contributed by atoms with Crippen molar-refractivity contribution in [2.45, 2.75) is 115 Å². The number of hydrogen-bond acceptors (Lipinski definition) is 8. The van der Waals surface area contributed by atoms with E-state index >= 15 is 0 Å². The van der Waals surface area contributed by atoms with Crippen LogP contribution in [0.5, 0.6) is 0 Å². The van der Waals surface area contributed by atoms with E-state index in [4.69, 9.17) is 35.0 Å². The second-order valence-electron chi connectivity index (χ2n) is 14.2. The highest BCUT2D eigenvalue weighted by atomic mass is 35.5. The molecule has 0 bridgehead atoms. The van der Waals surface area contributed by atoms with Crippen LogP contribution in [0, 0.1) is 0 Å². The van der Waals surface area contributed by atoms with E-state index in [1.54, 1.807) is 0 Å². The highest BCUT2D eigenvalue weighted by Gasteiger charge is 2.53. The summed E-state index contributed by atoms with van der Waals surface area (Å²) in [6.07, 6.45) is -0.244. The van der Waals surface area contributed by atoms with Crippen LogP contribution in [-0.2, 0) is 44.2 Å². The minimum absolute atomic E-state index is 0.0651. The minimum atomic E-state index is -2.29. The van der Waals surface area contributed by atoms with Crippen LogP contribution in [0.15, 0.2) is 48.7 Å². The van der Waals surface area contributed by atoms with Gasteiger partial charge in [-0.15, -0.1) is 0 Å². The first kappa shape index (κ1) is 35.1. The van der Waals surface area contributed by atoms with E-state index in [1.807, 2.05) is 29.0 Å². The van der Waals surface area contributed by atoms with Crippen LogP contribution in [0.3, 0.4) is 0 Å². The molecule has 0 unspecified atom stereocenters. The Morgan fingerprint density at radius 2 is 1.49 bits per heavy atom. The molecule has 0 amide bonds. The second kappa shape index (κ2) is 13.7. The zero-order valence-electron chi connectivity index (χ0n) is 28.5. The van der Waals surface area contributed by atoms with E-state index in [-0.39, 0.29) is 11.6 Å². The lowest BCUT2D eigenvalue weighted by Crippen LogP contribution is -2.61. The Balaban J connectivity index is 1.60. The SMILES string of the molecule is CC(=O)O[C@@H]1[C@@H](OC(C)=O)[C@H](n2cc(Cc3ccc(C4CC4)cc3)c3c(Cl)cccc32)O[C@H](CO[Si](C)(C)C(C)(C)C)[C@H]1OC(C)=O. The maximum atomic E-state index is 12.6. The molecular weight excluding hydrogens is 638 g/mol. The molecule has 9 nitrogen and oxygen atoms in total. The van der Waals surface area contributed by atoms with Gasteiger partial charge in [-0.05, 0) is 72.1 Å². The van der Waals surface area contributed by atoms with Gasteiger partial charge in [0, 0.05) is 32.4 Å². The summed E-state index contributed by atoms with van der Waals surface area (Å²) in [4.78, 5) is 37.5. The fraction of sp³-hybridized carbons (Fsp3) is 0.528. The fourth-order valence-electron chi connectivity index (χ4n) is 5.97. The molecule has 2 heterocycles. The lowest BCUT2D eigenvalue weighted by atomic mass is 9.97. The van der Waals surface area contributed by atoms with Crippen LogP contribution in [0.25, 0.3) is 10.9 Å². The van der Waals surface area contributed by atoms with E-state index in [2.05, 4.69) is 58.1 Å². The number of hydrogen-bond donors (Lipinski definition) is 0. The molecule has 5 rings (SSSR count). The van der Waals surface area contributed by atoms with E-state index in [0.29, 0.717) is 17.4 Å². The summed E-state index contributed by atoms with van der Waals surface area (Å²) in [6, 6.07) is 14.3. The van der Waals surface area contributed by atoms with E-state index in [0.717, 1.165) is 22.0 Å². The van der Waals surface area contributed by atoms with Crippen molar-refractivity contribution in [1.29, 1.82) is 0 Å². The number of rotatable bonds is 10. The Hall–Kier alpha value is -3.18. The average molecular weight is 684 g/mol. The van der Waals surface area contributed by atoms with Gasteiger partial charge in [-0.1, -0.05) is 62.7 Å². The van der Waals surface area contributed by atoms with Crippen LogP contribution in [-0.4, -0.2) is 61.8 Å². The predicted octanol–water partition coefficient (Wildman–Crippen LogP) is 7.48. The summed E-state index contributed by atoms with van der Waals surface area (Å²) in [5.41, 5.74) is 4.19. The van der Waals surface area contributed by atoms with Gasteiger partial charge in [-0.25, -0.2) is 0 Å². The van der Waals surface area contributed by atoms with Gasteiger partial charge < -0.3 is 27.9 Å². The van der Waals surface area contributed by atoms with Gasteiger partial charge in [0.1, 0.15) is 6.10 Å². The maximum Gasteiger partial charge on any atom is 0.303 e. The van der Waals surface area contributed by atoms with Gasteiger partial charge >= 0.3 is 17.9 Å². The zero-order chi connectivity index (χ0) is 34.3. The second-order valence-corrected chi connectivity index (χ2v) is 19.5. The van der Waals surface area contributed by atoms with Gasteiger partial charge in [0.15, 0.2) is 32.9 Å². The van der Waals surface area contributed by atoms with Crippen molar-refractivity contribution < 1.29 is 37.8 Å². The zero-order valence-corrected chi connectivity index (χ0v) is 30.3. The molecule has 1 aromatic heterocycles. The molecule has 3 aromatic rings. The largest absolute Gasteiger partial charge is 0.456 e. The van der Waals surface area contributed by atoms with Crippen molar-refractivity contribution in [2.75, 3.05) is 6.61 Å². The van der Waals surface area contributed by atoms with Crippen molar-refractivity contribution in [3.05, 3.63) is 70.4 Å². The number of benzene rings is 2. The van der Waals surface area contributed by atoms with Gasteiger partial charge in [0.2, 0.25) is 0 Å². The summed E-state index contributed by atoms with van der Waals surface area (Å²) in [6.45, 7) is 14.5. The molecular formula is C36H46ClNO8Si. The van der Waals surface area contributed by atoms with Crippen LogP contribution < -0.4 is 0 Å². The highest BCUT2D eigenvalue weighted by Crippen LogP contribution is 2.42. The average Bonchev–Trinajstić information content (AvgIpc) is 3.75. The Morgan fingerprint density at radius 1 is 0.894 bits per heavy atom. The number of fused-ring (bicyclic) bond motifs is 1. The number of carbonyl (C=O) groups is 3. The van der Waals surface area contributed by atoms with Crippen molar-refractivity contribution in [3.63, 3.8) is 0 Å². The van der Waals surface area contributed by atoms with Crippen molar-refractivity contribution in [3.8, 4) is 0 Å². The number of carbonyl (C=O) groups excluding carboxylic acids is 3. The molecule has 1 aliphatic carbocycles. The molecule has 2 aliphatic rings. The number of halogens is 1. The van der Waals surface area contributed by atoms with E-state index < -0.39 is 56.9 Å². The third-order valence-corrected chi connectivity index (χ3v) is 14.3. The molecule has 1 saturated carbocycles. The molecule has 1 aliphatic heterocycles. The monoisotopic (exact) mass is 683 g/mol. The third kappa shape index (κ3) is 7.93. The summed E-state index contributed by atoms with van der Waals surface area (Å²) in [5, 5.41) is 1.30. The Labute approximate surface area is 282 Å². The summed E-state index contributed by atoms with van der Waals surface area (Å²) < 4.78 is 32.6. The molecule has 11 heteroatoms. The van der Waals surface area contributed by atoms with Gasteiger partial charge in [0.25, 0.3) is 0 Å². The van der Waals surface area contributed by atoms with Crippen molar-refractivity contribution in [1.82, 2.24) is 4.57 Å². The van der Waals surface area contributed by atoms with Gasteiger partial charge in [0.05, 0.1) is 17.1 Å². The molecule has 2 fully saturated rings. The molecule has 0 N–H and O–H groups in total. The van der Waals surface area contributed by atoms with E-state index in [9.17, 15) is 14.4 Å². The predicted molar refractivity (Wildman–Crippen MR) is 182 cm³/mol. The summed E-state index contributed by atoms with van der Waals surface area (Å²) in [7, 11) is -2.29. The Kier molecular flexibility index (Phi) is 10.3. The van der Waals surface area contributed by atoms with Crippen LogP contribution >= 0.6 is 11.6 Å². The highest BCUT2D eigenvalue weighted by molar-refractivity contribution is 6.74. The summed E-state index contributed by atoms with van der Waals surface area (Å²) in [5.74, 6) is -1.16. The quantitative estimate of drug-likeness (QED) is 0.123. The Bertz CT molecular complexity index is 1620. The molecule has 47 heavy (non-hydrogen) atoms. The summed E-state index contributed by atoms with van der Waals surface area (Å²) >= 11 is 6.84. The Morgan fingerprint density at radius 3 is 2.06 bits per heavy atom. The van der Waals surface area contributed by atoms with Crippen LogP contribution in [0.1, 0.15) is 83.2 Å². The van der Waals surface area contributed by atoms with Crippen molar-refractivity contribution in [2.24, 2.45) is 0 Å². The first-order valence-electron chi connectivity index (χ1n) is 16.2. The molecule has 254 valence electrons. The smallest absolute Gasteiger partial charge is 0.303 e. The molecule has 0 radical (unpaired) electrons. The number of ether oxygens (including phenoxy) is 4. The number of aromatic nitrogens is 1. The lowest BCUT2D eigenvalue weighted by molar-refractivity contribution is -0.266. The van der Waals surface area contributed by atoms with E-state index in [1.165, 1.54) is 39.2 Å². The van der Waals surface area contributed by atoms with Crippen molar-refractivity contribution >= 4 is 48.7 Å². The lowest BCUT2D eigenvalue weighted by Gasteiger charge is -2.46. The maximum absolute atomic E-state index is 12.6. The number of esters is 3. The third-order valence-electron chi connectivity index (χ3n) is 9.51. The molecule has 2 aromatic carbocycles. The van der Waals surface area contributed by atoms with Gasteiger partial charge in [-0.2, -0.15) is 0 Å². The first-order valence-corrected chi connectivity index (χ1v) is 19.5. The first-order chi connectivity index (χ1) is 22.1. The van der Waals surface area contributed by atoms with Gasteiger partial charge in [-0.3, -0.25) is 14.4 Å². The molecule has 1 saturated heterocycles. The fourth-order valence-corrected chi connectivity index (χ4v) is 7.28.